The molecule has 4 nitrogen and oxygen atoms in total. The molecule has 1 fully saturated rings. The molecule has 1 rings (SSSR count). The van der Waals surface area contributed by atoms with Crippen LogP contribution in [0.3, 0.4) is 0 Å². The van der Waals surface area contributed by atoms with Gasteiger partial charge in [0.25, 0.3) is 0 Å². The van der Waals surface area contributed by atoms with Gasteiger partial charge in [-0.05, 0) is 0 Å². The third kappa shape index (κ3) is 2.46. The number of morpholine rings is 1. The first kappa shape index (κ1) is 9.48. The fourth-order valence-corrected chi connectivity index (χ4v) is 1.32. The van der Waals surface area contributed by atoms with Gasteiger partial charge in [0.2, 0.25) is 0 Å². The summed E-state index contributed by atoms with van der Waals surface area (Å²) < 4.78 is 10.6. The van der Waals surface area contributed by atoms with Crippen molar-refractivity contribution in [2.75, 3.05) is 47.0 Å². The third-order valence-electron chi connectivity index (χ3n) is 2.24. The van der Waals surface area contributed by atoms with Gasteiger partial charge in [-0.2, -0.15) is 0 Å². The maximum absolute atomic E-state index is 11.0. The maximum atomic E-state index is 11.0. The molecule has 1 aliphatic heterocycles. The predicted octanol–water partition coefficient (Wildman–Crippen LogP) is -0.364. The topological polar surface area (TPSA) is 35.5 Å². The Kier molecular flexibility index (Phi) is 3.05. The Bertz CT molecular complexity index is 172. The number of carbonyl (C=O) groups excluding carboxylic acids is 1. The number of hydrogen-bond acceptors (Lipinski definition) is 3. The second-order valence-corrected chi connectivity index (χ2v) is 3.44. The molecular formula is C8H16NO3+. The van der Waals surface area contributed by atoms with Crippen molar-refractivity contribution in [3.05, 3.63) is 0 Å². The monoisotopic (exact) mass is 174 g/mol. The molecule has 70 valence electrons. The molecule has 0 aliphatic carbocycles. The number of quaternary nitrogens is 1. The second kappa shape index (κ2) is 3.87. The van der Waals surface area contributed by atoms with Gasteiger partial charge in [-0.25, -0.2) is 4.79 Å². The fourth-order valence-electron chi connectivity index (χ4n) is 1.32. The normalized spacial score (nSPS) is 30.0. The van der Waals surface area contributed by atoms with E-state index in [1.54, 1.807) is 7.11 Å². The molecule has 0 radical (unpaired) electrons. The number of methoxy groups -OCH3 is 1. The lowest BCUT2D eigenvalue weighted by Gasteiger charge is -2.36. The molecule has 0 aromatic heterocycles. The van der Waals surface area contributed by atoms with Gasteiger partial charge in [0, 0.05) is 7.11 Å². The molecular weight excluding hydrogens is 158 g/mol. The van der Waals surface area contributed by atoms with Gasteiger partial charge in [0.05, 0.1) is 13.7 Å². The summed E-state index contributed by atoms with van der Waals surface area (Å²) in [5, 5.41) is 0. The van der Waals surface area contributed by atoms with Crippen LogP contribution in [0.25, 0.3) is 0 Å². The van der Waals surface area contributed by atoms with Crippen molar-refractivity contribution >= 4 is 5.97 Å². The minimum Gasteiger partial charge on any atom is -0.456 e. The maximum Gasteiger partial charge on any atom is 0.361 e. The van der Waals surface area contributed by atoms with Gasteiger partial charge in [-0.1, -0.05) is 0 Å². The molecule has 0 spiro atoms. The summed E-state index contributed by atoms with van der Waals surface area (Å²) in [6.45, 7) is 3.49. The summed E-state index contributed by atoms with van der Waals surface area (Å²) in [6, 6.07) is 0. The Balaban J connectivity index is 2.40. The van der Waals surface area contributed by atoms with Crippen LogP contribution in [0.1, 0.15) is 0 Å². The Hall–Kier alpha value is -0.610. The van der Waals surface area contributed by atoms with E-state index in [-0.39, 0.29) is 5.97 Å². The SMILES string of the molecule is COCC[N+]1(C)CCOC(=O)C1. The van der Waals surface area contributed by atoms with Crippen LogP contribution in [0, 0.1) is 0 Å². The van der Waals surface area contributed by atoms with E-state index in [1.165, 1.54) is 0 Å². The van der Waals surface area contributed by atoms with Crippen LogP contribution in [-0.4, -0.2) is 57.5 Å². The number of carbonyl (C=O) groups is 1. The van der Waals surface area contributed by atoms with Crippen molar-refractivity contribution in [3.63, 3.8) is 0 Å². The van der Waals surface area contributed by atoms with E-state index >= 15 is 0 Å². The Labute approximate surface area is 72.6 Å². The number of cyclic esters (lactones) is 1. The fraction of sp³-hybridized carbons (Fsp3) is 0.875. The third-order valence-corrected chi connectivity index (χ3v) is 2.24. The molecule has 12 heavy (non-hydrogen) atoms. The largest absolute Gasteiger partial charge is 0.456 e. The van der Waals surface area contributed by atoms with Crippen LogP contribution >= 0.6 is 0 Å². The number of ether oxygens (including phenoxy) is 2. The molecule has 1 unspecified atom stereocenters. The zero-order chi connectivity index (χ0) is 9.03. The van der Waals surface area contributed by atoms with E-state index < -0.39 is 0 Å². The number of esters is 1. The molecule has 1 atom stereocenters. The van der Waals surface area contributed by atoms with Crippen molar-refractivity contribution in [2.24, 2.45) is 0 Å². The first-order valence-corrected chi connectivity index (χ1v) is 4.14. The predicted molar refractivity (Wildman–Crippen MR) is 43.6 cm³/mol. The standard InChI is InChI=1S/C8H16NO3/c1-9(3-5-11-2)4-6-12-8(10)7-9/h3-7H2,1-2H3/q+1. The number of rotatable bonds is 3. The molecule has 0 bridgehead atoms. The summed E-state index contributed by atoms with van der Waals surface area (Å²) in [5.74, 6) is -0.0974. The number of hydrogen-bond donors (Lipinski definition) is 0. The Morgan fingerprint density at radius 2 is 2.42 bits per heavy atom. The molecule has 0 amide bonds. The average molecular weight is 174 g/mol. The molecule has 1 saturated heterocycles. The van der Waals surface area contributed by atoms with Gasteiger partial charge < -0.3 is 14.0 Å². The zero-order valence-electron chi connectivity index (χ0n) is 7.71. The molecule has 0 saturated carbocycles. The van der Waals surface area contributed by atoms with Crippen LogP contribution in [0.15, 0.2) is 0 Å². The Morgan fingerprint density at radius 1 is 1.67 bits per heavy atom. The van der Waals surface area contributed by atoms with Crippen LogP contribution in [0.5, 0.6) is 0 Å². The van der Waals surface area contributed by atoms with Gasteiger partial charge in [-0.3, -0.25) is 0 Å². The smallest absolute Gasteiger partial charge is 0.361 e. The summed E-state index contributed by atoms with van der Waals surface area (Å²) >= 11 is 0. The molecule has 0 N–H and O–H groups in total. The number of nitrogens with zero attached hydrogens (tertiary/aromatic N) is 1. The van der Waals surface area contributed by atoms with E-state index in [2.05, 4.69) is 7.05 Å². The van der Waals surface area contributed by atoms with Crippen molar-refractivity contribution in [3.8, 4) is 0 Å². The van der Waals surface area contributed by atoms with Crippen LogP contribution in [-0.2, 0) is 14.3 Å². The van der Waals surface area contributed by atoms with E-state index in [9.17, 15) is 4.79 Å². The molecule has 1 aliphatic rings. The number of likely N-dealkylation sites (N-methyl/N-ethyl adjacent to an activating group) is 1. The highest BCUT2D eigenvalue weighted by Gasteiger charge is 2.30. The highest BCUT2D eigenvalue weighted by Crippen LogP contribution is 2.07. The van der Waals surface area contributed by atoms with Crippen LogP contribution in [0.2, 0.25) is 0 Å². The molecule has 1 heterocycles. The van der Waals surface area contributed by atoms with Crippen LogP contribution in [0.4, 0.5) is 0 Å². The summed E-state index contributed by atoms with van der Waals surface area (Å²) in [5.41, 5.74) is 0. The highest BCUT2D eigenvalue weighted by molar-refractivity contribution is 5.71. The van der Waals surface area contributed by atoms with Gasteiger partial charge >= 0.3 is 5.97 Å². The highest BCUT2D eigenvalue weighted by atomic mass is 16.5. The minimum absolute atomic E-state index is 0.0974. The first-order valence-electron chi connectivity index (χ1n) is 4.14. The van der Waals surface area contributed by atoms with E-state index in [1.807, 2.05) is 0 Å². The molecule has 0 aromatic rings. The van der Waals surface area contributed by atoms with Gasteiger partial charge in [0.1, 0.15) is 19.7 Å². The van der Waals surface area contributed by atoms with Gasteiger partial charge in [-0.15, -0.1) is 0 Å². The second-order valence-electron chi connectivity index (χ2n) is 3.44. The summed E-state index contributed by atoms with van der Waals surface area (Å²) in [7, 11) is 3.73. The van der Waals surface area contributed by atoms with Crippen molar-refractivity contribution in [2.45, 2.75) is 0 Å². The zero-order valence-corrected chi connectivity index (χ0v) is 7.71. The first-order chi connectivity index (χ1) is 5.66. The quantitative estimate of drug-likeness (QED) is 0.433. The molecule has 0 aromatic carbocycles. The minimum atomic E-state index is -0.0974. The van der Waals surface area contributed by atoms with E-state index in [4.69, 9.17) is 9.47 Å². The lowest BCUT2D eigenvalue weighted by Crippen LogP contribution is -2.55. The van der Waals surface area contributed by atoms with E-state index in [0.29, 0.717) is 19.8 Å². The van der Waals surface area contributed by atoms with Crippen molar-refractivity contribution in [1.82, 2.24) is 0 Å². The Morgan fingerprint density at radius 3 is 3.00 bits per heavy atom. The average Bonchev–Trinajstić information content (AvgIpc) is 2.01. The van der Waals surface area contributed by atoms with E-state index in [0.717, 1.165) is 17.6 Å². The summed E-state index contributed by atoms with van der Waals surface area (Å²) in [4.78, 5) is 11.0. The van der Waals surface area contributed by atoms with Crippen molar-refractivity contribution in [1.29, 1.82) is 0 Å². The van der Waals surface area contributed by atoms with Gasteiger partial charge in [0.15, 0.2) is 6.54 Å². The lowest BCUT2D eigenvalue weighted by atomic mass is 10.3. The summed E-state index contributed by atoms with van der Waals surface area (Å²) in [6.07, 6.45) is 0. The lowest BCUT2D eigenvalue weighted by molar-refractivity contribution is -0.907. The van der Waals surface area contributed by atoms with Crippen LogP contribution < -0.4 is 0 Å². The molecule has 4 heteroatoms. The van der Waals surface area contributed by atoms with Crippen molar-refractivity contribution < 1.29 is 18.8 Å².